The lowest BCUT2D eigenvalue weighted by atomic mass is 9.73. The number of carbonyl (C=O) groups is 1. The van der Waals surface area contributed by atoms with Crippen LogP contribution in [0.1, 0.15) is 42.7 Å². The lowest BCUT2D eigenvalue weighted by molar-refractivity contribution is -0.137. The van der Waals surface area contributed by atoms with Crippen molar-refractivity contribution in [1.82, 2.24) is 10.2 Å². The van der Waals surface area contributed by atoms with E-state index in [9.17, 15) is 13.6 Å². The van der Waals surface area contributed by atoms with Gasteiger partial charge in [0.2, 0.25) is 0 Å². The van der Waals surface area contributed by atoms with Crippen LogP contribution in [0.4, 0.5) is 8.78 Å². The summed E-state index contributed by atoms with van der Waals surface area (Å²) in [6.07, 6.45) is 3.37. The number of hydrogen-bond donors (Lipinski definition) is 2. The Labute approximate surface area is 182 Å². The van der Waals surface area contributed by atoms with E-state index >= 15 is 0 Å². The summed E-state index contributed by atoms with van der Waals surface area (Å²) in [5, 5.41) is 12.7. The first-order valence-corrected chi connectivity index (χ1v) is 11.1. The normalized spacial score (nSPS) is 22.9. The van der Waals surface area contributed by atoms with Gasteiger partial charge in [-0.1, -0.05) is 42.5 Å². The monoisotopic (exact) mass is 428 g/mol. The van der Waals surface area contributed by atoms with Crippen molar-refractivity contribution in [3.63, 3.8) is 0 Å². The van der Waals surface area contributed by atoms with Gasteiger partial charge in [-0.05, 0) is 61.4 Å². The minimum absolute atomic E-state index is 0.130. The van der Waals surface area contributed by atoms with E-state index in [0.717, 1.165) is 45.0 Å². The second-order valence-corrected chi connectivity index (χ2v) is 9.12. The van der Waals surface area contributed by atoms with Gasteiger partial charge >= 0.3 is 5.97 Å². The van der Waals surface area contributed by atoms with Crippen LogP contribution in [0, 0.1) is 17.0 Å². The molecule has 6 heteroatoms. The molecule has 1 saturated carbocycles. The highest BCUT2D eigenvalue weighted by Crippen LogP contribution is 2.42. The summed E-state index contributed by atoms with van der Waals surface area (Å²) < 4.78 is 28.2. The maximum absolute atomic E-state index is 14.4. The summed E-state index contributed by atoms with van der Waals surface area (Å²) >= 11 is 0. The molecule has 2 aliphatic rings. The number of carboxylic acid groups (broad SMARTS) is 1. The molecule has 2 atom stereocenters. The Hall–Kier alpha value is -2.31. The zero-order valence-corrected chi connectivity index (χ0v) is 17.7. The average molecular weight is 429 g/mol. The van der Waals surface area contributed by atoms with Gasteiger partial charge in [-0.3, -0.25) is 4.79 Å². The third-order valence-electron chi connectivity index (χ3n) is 6.91. The van der Waals surface area contributed by atoms with Crippen LogP contribution in [0.3, 0.4) is 0 Å². The van der Waals surface area contributed by atoms with E-state index in [0.29, 0.717) is 30.5 Å². The van der Waals surface area contributed by atoms with Crippen LogP contribution in [0.15, 0.2) is 48.5 Å². The minimum atomic E-state index is -0.800. The van der Waals surface area contributed by atoms with Crippen LogP contribution in [-0.2, 0) is 11.2 Å². The number of aliphatic carboxylic acids is 1. The number of hydrogen-bond acceptors (Lipinski definition) is 3. The number of rotatable bonds is 9. The zero-order chi connectivity index (χ0) is 21.8. The Morgan fingerprint density at radius 2 is 1.84 bits per heavy atom. The first kappa shape index (κ1) is 21.9. The standard InChI is InChI=1S/C25H30F2N2O2/c26-21-8-4-7-19(24(21)27)16-25(10-13-29(14-11-25)12-9-23(30)31)17-28-22-15-20(22)18-5-2-1-3-6-18/h1-8,20,22,28H,9-17H2,(H,30,31)/t20-,22+/m0/s1. The van der Waals surface area contributed by atoms with Gasteiger partial charge in [-0.25, -0.2) is 8.78 Å². The molecule has 0 aromatic heterocycles. The molecule has 0 radical (unpaired) electrons. The molecular weight excluding hydrogens is 398 g/mol. The Bertz CT molecular complexity index is 898. The van der Waals surface area contributed by atoms with Gasteiger partial charge < -0.3 is 15.3 Å². The Morgan fingerprint density at radius 1 is 1.10 bits per heavy atom. The molecule has 2 aromatic rings. The van der Waals surface area contributed by atoms with Gasteiger partial charge in [0.05, 0.1) is 6.42 Å². The van der Waals surface area contributed by atoms with E-state index in [2.05, 4.69) is 34.5 Å². The molecule has 1 heterocycles. The summed E-state index contributed by atoms with van der Waals surface area (Å²) in [6.45, 7) is 2.84. The third kappa shape index (κ3) is 5.49. The molecule has 1 saturated heterocycles. The molecule has 2 N–H and O–H groups in total. The maximum atomic E-state index is 14.4. The minimum Gasteiger partial charge on any atom is -0.481 e. The highest BCUT2D eigenvalue weighted by atomic mass is 19.2. The maximum Gasteiger partial charge on any atom is 0.304 e. The van der Waals surface area contributed by atoms with Crippen molar-refractivity contribution in [3.8, 4) is 0 Å². The average Bonchev–Trinajstić information content (AvgIpc) is 3.56. The van der Waals surface area contributed by atoms with Crippen LogP contribution in [0.2, 0.25) is 0 Å². The SMILES string of the molecule is O=C(O)CCN1CCC(CN[C@@H]2C[C@H]2c2ccccc2)(Cc2cccc(F)c2F)CC1. The number of halogens is 2. The van der Waals surface area contributed by atoms with E-state index in [4.69, 9.17) is 5.11 Å². The van der Waals surface area contributed by atoms with Crippen molar-refractivity contribution in [2.45, 2.75) is 44.1 Å². The van der Waals surface area contributed by atoms with Gasteiger partial charge in [0.15, 0.2) is 11.6 Å². The van der Waals surface area contributed by atoms with Gasteiger partial charge in [0.1, 0.15) is 0 Å². The summed E-state index contributed by atoms with van der Waals surface area (Å²) in [6, 6.07) is 15.3. The molecule has 2 aromatic carbocycles. The second kappa shape index (κ2) is 9.45. The van der Waals surface area contributed by atoms with E-state index in [1.54, 1.807) is 12.1 Å². The number of nitrogens with zero attached hydrogens (tertiary/aromatic N) is 1. The fraction of sp³-hybridized carbons (Fsp3) is 0.480. The predicted molar refractivity (Wildman–Crippen MR) is 116 cm³/mol. The van der Waals surface area contributed by atoms with Gasteiger partial charge in [-0.2, -0.15) is 0 Å². The van der Waals surface area contributed by atoms with E-state index < -0.39 is 17.6 Å². The quantitative estimate of drug-likeness (QED) is 0.628. The number of carboxylic acids is 1. The molecule has 31 heavy (non-hydrogen) atoms. The van der Waals surface area contributed by atoms with Crippen LogP contribution in [-0.4, -0.2) is 48.2 Å². The molecule has 0 spiro atoms. The first-order chi connectivity index (χ1) is 15.0. The number of nitrogens with one attached hydrogen (secondary N) is 1. The van der Waals surface area contributed by atoms with Crippen LogP contribution >= 0.6 is 0 Å². The number of likely N-dealkylation sites (tertiary alicyclic amines) is 1. The summed E-state index contributed by atoms with van der Waals surface area (Å²) in [5.41, 5.74) is 1.60. The molecule has 1 aliphatic heterocycles. The Kier molecular flexibility index (Phi) is 6.68. The summed E-state index contributed by atoms with van der Waals surface area (Å²) in [7, 11) is 0. The molecule has 1 aliphatic carbocycles. The smallest absolute Gasteiger partial charge is 0.304 e. The topological polar surface area (TPSA) is 52.6 Å². The fourth-order valence-electron chi connectivity index (χ4n) is 4.85. The van der Waals surface area contributed by atoms with Gasteiger partial charge in [-0.15, -0.1) is 0 Å². The fourth-order valence-corrected chi connectivity index (χ4v) is 4.85. The molecule has 2 fully saturated rings. The molecule has 166 valence electrons. The summed E-state index contributed by atoms with van der Waals surface area (Å²) in [4.78, 5) is 13.1. The summed E-state index contributed by atoms with van der Waals surface area (Å²) in [5.74, 6) is -1.82. The second-order valence-electron chi connectivity index (χ2n) is 9.12. The highest BCUT2D eigenvalue weighted by molar-refractivity contribution is 5.66. The third-order valence-corrected chi connectivity index (χ3v) is 6.91. The van der Waals surface area contributed by atoms with E-state index in [1.165, 1.54) is 5.56 Å². The number of benzene rings is 2. The highest BCUT2D eigenvalue weighted by Gasteiger charge is 2.41. The lowest BCUT2D eigenvalue weighted by Gasteiger charge is -2.42. The largest absolute Gasteiger partial charge is 0.481 e. The van der Waals surface area contributed by atoms with Crippen molar-refractivity contribution in [2.75, 3.05) is 26.2 Å². The molecule has 0 unspecified atom stereocenters. The molecule has 0 amide bonds. The zero-order valence-electron chi connectivity index (χ0n) is 17.7. The van der Waals surface area contributed by atoms with Gasteiger partial charge in [0, 0.05) is 25.0 Å². The molecule has 0 bridgehead atoms. The van der Waals surface area contributed by atoms with Crippen molar-refractivity contribution in [2.24, 2.45) is 5.41 Å². The van der Waals surface area contributed by atoms with Crippen molar-refractivity contribution >= 4 is 5.97 Å². The lowest BCUT2D eigenvalue weighted by Crippen LogP contribution is -2.47. The van der Waals surface area contributed by atoms with Crippen LogP contribution < -0.4 is 5.32 Å². The van der Waals surface area contributed by atoms with E-state index in [-0.39, 0.29) is 11.8 Å². The predicted octanol–water partition coefficient (Wildman–Crippen LogP) is 4.21. The Balaban J connectivity index is 1.42. The Morgan fingerprint density at radius 3 is 2.55 bits per heavy atom. The molecular formula is C25H30F2N2O2. The van der Waals surface area contributed by atoms with Crippen LogP contribution in [0.5, 0.6) is 0 Å². The van der Waals surface area contributed by atoms with E-state index in [1.807, 2.05) is 6.07 Å². The molecule has 4 rings (SSSR count). The van der Waals surface area contributed by atoms with Crippen molar-refractivity contribution in [1.29, 1.82) is 0 Å². The number of piperidine rings is 1. The van der Waals surface area contributed by atoms with Crippen molar-refractivity contribution < 1.29 is 18.7 Å². The van der Waals surface area contributed by atoms with Gasteiger partial charge in [0.25, 0.3) is 0 Å². The first-order valence-electron chi connectivity index (χ1n) is 11.1. The molecule has 4 nitrogen and oxygen atoms in total. The van der Waals surface area contributed by atoms with Crippen molar-refractivity contribution in [3.05, 3.63) is 71.3 Å². The van der Waals surface area contributed by atoms with Crippen LogP contribution in [0.25, 0.3) is 0 Å².